The predicted octanol–water partition coefficient (Wildman–Crippen LogP) is 3.26. The quantitative estimate of drug-likeness (QED) is 0.468. The zero-order valence-corrected chi connectivity index (χ0v) is 11.0. The molecule has 0 aromatic rings. The maximum atomic E-state index is 2.30. The van der Waals surface area contributed by atoms with Gasteiger partial charge < -0.3 is 0 Å². The van der Waals surface area contributed by atoms with Gasteiger partial charge in [-0.15, -0.1) is 8.58 Å². The standard InChI is InChI=1S/C8H19P.Au/c1-7(2,3)9-8(4,5)6;/h9H,1-6H3;/q;+1. The van der Waals surface area contributed by atoms with E-state index in [2.05, 4.69) is 41.5 Å². The molecular weight excluding hydrogens is 324 g/mol. The molecule has 0 saturated carbocycles. The van der Waals surface area contributed by atoms with Crippen LogP contribution in [0.15, 0.2) is 0 Å². The average molecular weight is 343 g/mol. The Bertz CT molecular complexity index is 74.4. The van der Waals surface area contributed by atoms with Crippen molar-refractivity contribution in [2.75, 3.05) is 0 Å². The van der Waals surface area contributed by atoms with Gasteiger partial charge in [0.15, 0.2) is 0 Å². The number of hydrogen-bond donors (Lipinski definition) is 0. The van der Waals surface area contributed by atoms with Gasteiger partial charge in [0.05, 0.1) is 0 Å². The molecule has 2 heteroatoms. The van der Waals surface area contributed by atoms with E-state index in [9.17, 15) is 0 Å². The molecule has 0 aliphatic heterocycles. The summed E-state index contributed by atoms with van der Waals surface area (Å²) >= 11 is 0. The SMILES string of the molecule is CC(C)(C)PC(C)(C)C.[Au+]. The van der Waals surface area contributed by atoms with Gasteiger partial charge in [-0.05, 0) is 10.3 Å². The van der Waals surface area contributed by atoms with Crippen LogP contribution in [0, 0.1) is 0 Å². The first-order valence-electron chi connectivity index (χ1n) is 3.50. The molecule has 0 aliphatic carbocycles. The van der Waals surface area contributed by atoms with Crippen LogP contribution in [0.25, 0.3) is 0 Å². The van der Waals surface area contributed by atoms with Gasteiger partial charge in [0.1, 0.15) is 0 Å². The summed E-state index contributed by atoms with van der Waals surface area (Å²) in [6, 6.07) is 0. The number of rotatable bonds is 0. The zero-order valence-electron chi connectivity index (χ0n) is 7.80. The van der Waals surface area contributed by atoms with Crippen LogP contribution in [-0.4, -0.2) is 10.3 Å². The van der Waals surface area contributed by atoms with Gasteiger partial charge in [-0.3, -0.25) is 0 Å². The fourth-order valence-corrected chi connectivity index (χ4v) is 3.38. The van der Waals surface area contributed by atoms with Crippen molar-refractivity contribution in [3.63, 3.8) is 0 Å². The van der Waals surface area contributed by atoms with E-state index in [1.165, 1.54) is 0 Å². The van der Waals surface area contributed by atoms with E-state index in [1.807, 2.05) is 0 Å². The second kappa shape index (κ2) is 4.26. The smallest absolute Gasteiger partial charge is 0.111 e. The van der Waals surface area contributed by atoms with Crippen molar-refractivity contribution in [3.8, 4) is 0 Å². The molecule has 0 unspecified atom stereocenters. The van der Waals surface area contributed by atoms with Crippen molar-refractivity contribution in [1.29, 1.82) is 0 Å². The molecule has 0 aromatic heterocycles. The topological polar surface area (TPSA) is 0 Å². The maximum absolute atomic E-state index is 2.30. The molecule has 0 aliphatic rings. The van der Waals surface area contributed by atoms with Crippen LogP contribution in [0.1, 0.15) is 41.5 Å². The third-order valence-electron chi connectivity index (χ3n) is 0.750. The van der Waals surface area contributed by atoms with Crippen molar-refractivity contribution in [3.05, 3.63) is 0 Å². The first-order chi connectivity index (χ1) is 3.71. The van der Waals surface area contributed by atoms with Crippen molar-refractivity contribution >= 4 is 8.58 Å². The predicted molar refractivity (Wildman–Crippen MR) is 47.8 cm³/mol. The Kier molecular flexibility index (Phi) is 5.85. The molecule has 10 heavy (non-hydrogen) atoms. The van der Waals surface area contributed by atoms with Gasteiger partial charge in [0, 0.05) is 0 Å². The van der Waals surface area contributed by atoms with Crippen LogP contribution in [0.2, 0.25) is 0 Å². The molecule has 0 bridgehead atoms. The zero-order chi connectivity index (χ0) is 7.71. The molecule has 0 rings (SSSR count). The summed E-state index contributed by atoms with van der Waals surface area (Å²) in [6.45, 7) is 13.8. The molecule has 0 radical (unpaired) electrons. The van der Waals surface area contributed by atoms with Gasteiger partial charge in [-0.2, -0.15) is 0 Å². The average Bonchev–Trinajstić information content (AvgIpc) is 1.14. The van der Waals surface area contributed by atoms with Crippen molar-refractivity contribution in [1.82, 2.24) is 0 Å². The first kappa shape index (κ1) is 13.7. The molecule has 66 valence electrons. The van der Waals surface area contributed by atoms with Gasteiger partial charge in [-0.1, -0.05) is 41.5 Å². The Balaban J connectivity index is 0. The maximum Gasteiger partial charge on any atom is 1.00 e. The second-order valence-corrected chi connectivity index (χ2v) is 7.88. The van der Waals surface area contributed by atoms with Crippen LogP contribution in [0.3, 0.4) is 0 Å². The molecular formula is C8H19AuP+. The van der Waals surface area contributed by atoms with Gasteiger partial charge in [0.2, 0.25) is 0 Å². The summed E-state index contributed by atoms with van der Waals surface area (Å²) in [5, 5.41) is 1.02. The van der Waals surface area contributed by atoms with Gasteiger partial charge >= 0.3 is 22.4 Å². The Morgan fingerprint density at radius 1 is 0.700 bits per heavy atom. The number of hydrogen-bond acceptors (Lipinski definition) is 0. The van der Waals surface area contributed by atoms with Crippen LogP contribution < -0.4 is 0 Å². The van der Waals surface area contributed by atoms with E-state index in [0.29, 0.717) is 10.3 Å². The molecule has 0 amide bonds. The van der Waals surface area contributed by atoms with Crippen LogP contribution in [0.4, 0.5) is 0 Å². The minimum atomic E-state index is 0. The van der Waals surface area contributed by atoms with E-state index >= 15 is 0 Å². The summed E-state index contributed by atoms with van der Waals surface area (Å²) in [6.07, 6.45) is 0. The second-order valence-electron chi connectivity index (χ2n) is 4.62. The van der Waals surface area contributed by atoms with Crippen LogP contribution >= 0.6 is 8.58 Å². The third-order valence-corrected chi connectivity index (χ3v) is 2.25. The third kappa shape index (κ3) is 11.9. The minimum Gasteiger partial charge on any atom is -0.111 e. The van der Waals surface area contributed by atoms with Crippen LogP contribution in [0.5, 0.6) is 0 Å². The Morgan fingerprint density at radius 2 is 0.900 bits per heavy atom. The van der Waals surface area contributed by atoms with E-state index in [0.717, 1.165) is 8.58 Å². The summed E-state index contributed by atoms with van der Waals surface area (Å²) in [5.41, 5.74) is 0. The Morgan fingerprint density at radius 3 is 0.900 bits per heavy atom. The summed E-state index contributed by atoms with van der Waals surface area (Å²) in [5.74, 6) is 0. The normalized spacial score (nSPS) is 12.6. The van der Waals surface area contributed by atoms with E-state index in [4.69, 9.17) is 0 Å². The Hall–Kier alpha value is 1.17. The summed E-state index contributed by atoms with van der Waals surface area (Å²) in [4.78, 5) is 0. The molecule has 0 N–H and O–H groups in total. The molecule has 0 nitrogen and oxygen atoms in total. The fourth-order valence-electron chi connectivity index (χ4n) is 1.12. The summed E-state index contributed by atoms with van der Waals surface area (Å²) < 4.78 is 0. The monoisotopic (exact) mass is 343 g/mol. The van der Waals surface area contributed by atoms with Crippen LogP contribution in [-0.2, 0) is 22.4 Å². The van der Waals surface area contributed by atoms with E-state index in [-0.39, 0.29) is 22.4 Å². The van der Waals surface area contributed by atoms with Gasteiger partial charge in [-0.25, -0.2) is 0 Å². The molecule has 0 aromatic carbocycles. The molecule has 0 saturated heterocycles. The van der Waals surface area contributed by atoms with E-state index < -0.39 is 0 Å². The van der Waals surface area contributed by atoms with Crippen molar-refractivity contribution < 1.29 is 22.4 Å². The summed E-state index contributed by atoms with van der Waals surface area (Å²) in [7, 11) is 1.05. The van der Waals surface area contributed by atoms with E-state index in [1.54, 1.807) is 0 Å². The molecule has 0 atom stereocenters. The van der Waals surface area contributed by atoms with Crippen molar-refractivity contribution in [2.24, 2.45) is 0 Å². The van der Waals surface area contributed by atoms with Crippen molar-refractivity contribution in [2.45, 2.75) is 51.9 Å². The fraction of sp³-hybridized carbons (Fsp3) is 1.00. The minimum absolute atomic E-state index is 0. The Labute approximate surface area is 82.8 Å². The van der Waals surface area contributed by atoms with Gasteiger partial charge in [0.25, 0.3) is 0 Å². The molecule has 0 fully saturated rings. The molecule has 0 heterocycles. The largest absolute Gasteiger partial charge is 1.00 e. The first-order valence-corrected chi connectivity index (χ1v) is 4.50. The molecule has 0 spiro atoms.